The molecular weight excluding hydrogens is 294 g/mol. The molecule has 1 aromatic heterocycles. The summed E-state index contributed by atoms with van der Waals surface area (Å²) in [6.07, 6.45) is 4.39. The molecule has 2 heterocycles. The molecular formula is C12H21N5O3S. The zero-order valence-electron chi connectivity index (χ0n) is 12.2. The molecule has 0 aliphatic carbocycles. The monoisotopic (exact) mass is 315 g/mol. The summed E-state index contributed by atoms with van der Waals surface area (Å²) < 4.78 is 26.1. The highest BCUT2D eigenvalue weighted by atomic mass is 32.2. The second-order valence-electron chi connectivity index (χ2n) is 5.23. The third kappa shape index (κ3) is 4.43. The number of aryl methyl sites for hydroxylation is 1. The summed E-state index contributed by atoms with van der Waals surface area (Å²) in [5.74, 6) is 0. The minimum Gasteiger partial charge on any atom is -0.334 e. The standard InChI is InChI=1S/C12H21N5O3S/c1-16-11(5-6-14-16)8-13-12(18)15-10-4-3-7-17(9-10)21(2,19)20/h5-6,10H,3-4,7-9H2,1-2H3,(H2,13,15,18). The van der Waals surface area contributed by atoms with Crippen LogP contribution >= 0.6 is 0 Å². The van der Waals surface area contributed by atoms with Crippen molar-refractivity contribution in [2.45, 2.75) is 25.4 Å². The quantitative estimate of drug-likeness (QED) is 0.793. The van der Waals surface area contributed by atoms with Gasteiger partial charge < -0.3 is 10.6 Å². The SMILES string of the molecule is Cn1nccc1CNC(=O)NC1CCCN(S(C)(=O)=O)C1. The number of hydrogen-bond donors (Lipinski definition) is 2. The fourth-order valence-electron chi connectivity index (χ4n) is 2.34. The van der Waals surface area contributed by atoms with Gasteiger partial charge in [0.25, 0.3) is 0 Å². The summed E-state index contributed by atoms with van der Waals surface area (Å²) in [5.41, 5.74) is 0.895. The van der Waals surface area contributed by atoms with E-state index in [2.05, 4.69) is 15.7 Å². The number of carbonyl (C=O) groups excluding carboxylic acids is 1. The molecule has 2 rings (SSSR count). The number of urea groups is 1. The van der Waals surface area contributed by atoms with E-state index >= 15 is 0 Å². The fraction of sp³-hybridized carbons (Fsp3) is 0.667. The lowest BCUT2D eigenvalue weighted by Gasteiger charge is -2.31. The highest BCUT2D eigenvalue weighted by Crippen LogP contribution is 2.12. The molecule has 21 heavy (non-hydrogen) atoms. The zero-order valence-corrected chi connectivity index (χ0v) is 13.1. The number of nitrogens with zero attached hydrogens (tertiary/aromatic N) is 3. The van der Waals surface area contributed by atoms with Crippen molar-refractivity contribution in [1.29, 1.82) is 0 Å². The molecule has 1 unspecified atom stereocenters. The summed E-state index contributed by atoms with van der Waals surface area (Å²) in [6.45, 7) is 1.23. The Hall–Kier alpha value is -1.61. The third-order valence-electron chi connectivity index (χ3n) is 3.54. The number of piperidine rings is 1. The van der Waals surface area contributed by atoms with Crippen LogP contribution in [0.15, 0.2) is 12.3 Å². The van der Waals surface area contributed by atoms with Gasteiger partial charge in [-0.3, -0.25) is 4.68 Å². The second-order valence-corrected chi connectivity index (χ2v) is 7.22. The van der Waals surface area contributed by atoms with E-state index in [9.17, 15) is 13.2 Å². The van der Waals surface area contributed by atoms with E-state index in [1.54, 1.807) is 17.9 Å². The molecule has 1 saturated heterocycles. The van der Waals surface area contributed by atoms with E-state index < -0.39 is 10.0 Å². The van der Waals surface area contributed by atoms with Gasteiger partial charge in [0.1, 0.15) is 0 Å². The molecule has 0 saturated carbocycles. The molecule has 0 radical (unpaired) electrons. The topological polar surface area (TPSA) is 96.3 Å². The predicted octanol–water partition coefficient (Wildman–Crippen LogP) is -0.357. The maximum Gasteiger partial charge on any atom is 0.315 e. The van der Waals surface area contributed by atoms with Gasteiger partial charge in [0, 0.05) is 32.4 Å². The fourth-order valence-corrected chi connectivity index (χ4v) is 3.25. The Balaban J connectivity index is 1.81. The van der Waals surface area contributed by atoms with E-state index in [0.717, 1.165) is 18.5 Å². The molecule has 0 aromatic carbocycles. The van der Waals surface area contributed by atoms with Crippen LogP contribution in [0.5, 0.6) is 0 Å². The van der Waals surface area contributed by atoms with Gasteiger partial charge in [0.2, 0.25) is 10.0 Å². The average Bonchev–Trinajstić information content (AvgIpc) is 2.81. The minimum atomic E-state index is -3.20. The lowest BCUT2D eigenvalue weighted by atomic mass is 10.1. The molecule has 8 nitrogen and oxygen atoms in total. The number of aromatic nitrogens is 2. The predicted molar refractivity (Wildman–Crippen MR) is 78.0 cm³/mol. The molecule has 2 amide bonds. The Morgan fingerprint density at radius 2 is 2.29 bits per heavy atom. The molecule has 1 aliphatic rings. The van der Waals surface area contributed by atoms with Crippen LogP contribution in [0.1, 0.15) is 18.5 Å². The van der Waals surface area contributed by atoms with Crippen molar-refractivity contribution in [2.75, 3.05) is 19.3 Å². The Kier molecular flexibility index (Phi) is 4.84. The first-order valence-corrected chi connectivity index (χ1v) is 8.67. The van der Waals surface area contributed by atoms with Crippen LogP contribution in [-0.4, -0.2) is 53.9 Å². The van der Waals surface area contributed by atoms with Gasteiger partial charge in [0.05, 0.1) is 18.5 Å². The van der Waals surface area contributed by atoms with Crippen molar-refractivity contribution >= 4 is 16.1 Å². The van der Waals surface area contributed by atoms with Gasteiger partial charge in [-0.05, 0) is 18.9 Å². The molecule has 1 aromatic rings. The van der Waals surface area contributed by atoms with Crippen molar-refractivity contribution in [3.63, 3.8) is 0 Å². The lowest BCUT2D eigenvalue weighted by Crippen LogP contribution is -2.51. The van der Waals surface area contributed by atoms with Crippen LogP contribution in [0.3, 0.4) is 0 Å². The van der Waals surface area contributed by atoms with Gasteiger partial charge in [-0.1, -0.05) is 0 Å². The number of sulfonamides is 1. The largest absolute Gasteiger partial charge is 0.334 e. The van der Waals surface area contributed by atoms with Gasteiger partial charge in [0.15, 0.2) is 0 Å². The van der Waals surface area contributed by atoms with E-state index in [1.165, 1.54) is 10.6 Å². The lowest BCUT2D eigenvalue weighted by molar-refractivity contribution is 0.225. The Morgan fingerprint density at radius 3 is 2.90 bits per heavy atom. The zero-order chi connectivity index (χ0) is 15.5. The van der Waals surface area contributed by atoms with Crippen LogP contribution in [0.4, 0.5) is 4.79 Å². The summed E-state index contributed by atoms with van der Waals surface area (Å²) in [6, 6.07) is 1.38. The highest BCUT2D eigenvalue weighted by Gasteiger charge is 2.26. The van der Waals surface area contributed by atoms with E-state index in [4.69, 9.17) is 0 Å². The van der Waals surface area contributed by atoms with Gasteiger partial charge in [-0.25, -0.2) is 17.5 Å². The molecule has 2 N–H and O–H groups in total. The number of carbonyl (C=O) groups is 1. The molecule has 0 spiro atoms. The van der Waals surface area contributed by atoms with Gasteiger partial charge in [-0.15, -0.1) is 0 Å². The Bertz CT molecular complexity index is 598. The summed E-state index contributed by atoms with van der Waals surface area (Å²) in [5, 5.41) is 9.58. The minimum absolute atomic E-state index is 0.153. The van der Waals surface area contributed by atoms with Crippen LogP contribution in [0.2, 0.25) is 0 Å². The summed E-state index contributed by atoms with van der Waals surface area (Å²) in [4.78, 5) is 11.9. The van der Waals surface area contributed by atoms with Crippen molar-refractivity contribution in [1.82, 2.24) is 24.7 Å². The normalized spacial score (nSPS) is 20.2. The first-order valence-electron chi connectivity index (χ1n) is 6.82. The summed E-state index contributed by atoms with van der Waals surface area (Å²) in [7, 11) is -1.39. The Labute approximate surface area is 124 Å². The van der Waals surface area contributed by atoms with E-state index in [1.807, 2.05) is 6.07 Å². The van der Waals surface area contributed by atoms with Gasteiger partial charge >= 0.3 is 6.03 Å². The summed E-state index contributed by atoms with van der Waals surface area (Å²) >= 11 is 0. The third-order valence-corrected chi connectivity index (χ3v) is 4.81. The number of hydrogen-bond acceptors (Lipinski definition) is 4. The van der Waals surface area contributed by atoms with Crippen molar-refractivity contribution in [3.05, 3.63) is 18.0 Å². The molecule has 1 fully saturated rings. The van der Waals surface area contributed by atoms with Crippen molar-refractivity contribution in [3.8, 4) is 0 Å². The second kappa shape index (κ2) is 6.44. The molecule has 0 bridgehead atoms. The van der Waals surface area contributed by atoms with Crippen LogP contribution in [0.25, 0.3) is 0 Å². The highest BCUT2D eigenvalue weighted by molar-refractivity contribution is 7.88. The molecule has 118 valence electrons. The number of nitrogens with one attached hydrogen (secondary N) is 2. The van der Waals surface area contributed by atoms with Crippen molar-refractivity contribution in [2.24, 2.45) is 7.05 Å². The molecule has 1 atom stereocenters. The number of amides is 2. The van der Waals surface area contributed by atoms with Crippen LogP contribution < -0.4 is 10.6 Å². The first kappa shape index (κ1) is 15.8. The van der Waals surface area contributed by atoms with Crippen LogP contribution in [0, 0.1) is 0 Å². The van der Waals surface area contributed by atoms with E-state index in [-0.39, 0.29) is 12.1 Å². The van der Waals surface area contributed by atoms with Crippen molar-refractivity contribution < 1.29 is 13.2 Å². The van der Waals surface area contributed by atoms with E-state index in [0.29, 0.717) is 19.6 Å². The van der Waals surface area contributed by atoms with Crippen LogP contribution in [-0.2, 0) is 23.6 Å². The smallest absolute Gasteiger partial charge is 0.315 e. The first-order chi connectivity index (χ1) is 9.86. The number of rotatable bonds is 4. The van der Waals surface area contributed by atoms with Gasteiger partial charge in [-0.2, -0.15) is 5.10 Å². The molecule has 1 aliphatic heterocycles. The maximum atomic E-state index is 11.9. The Morgan fingerprint density at radius 1 is 1.52 bits per heavy atom. The average molecular weight is 315 g/mol. The maximum absolute atomic E-state index is 11.9. The molecule has 9 heteroatoms.